The highest BCUT2D eigenvalue weighted by Gasteiger charge is 1.94. The Morgan fingerprint density at radius 3 is 2.28 bits per heavy atom. The summed E-state index contributed by atoms with van der Waals surface area (Å²) in [6.07, 6.45) is 5.93. The van der Waals surface area contributed by atoms with Crippen LogP contribution in [0.3, 0.4) is 0 Å². The zero-order valence-electron chi connectivity index (χ0n) is 10.4. The van der Waals surface area contributed by atoms with Gasteiger partial charge >= 0.3 is 0 Å². The third-order valence-electron chi connectivity index (χ3n) is 2.51. The van der Waals surface area contributed by atoms with Crippen LogP contribution < -0.4 is 5.43 Å². The van der Waals surface area contributed by atoms with Gasteiger partial charge in [-0.25, -0.2) is 0 Å². The number of benzene rings is 2. The second-order valence-corrected chi connectivity index (χ2v) is 3.86. The maximum absolute atomic E-state index is 4.25. The third kappa shape index (κ3) is 3.32. The van der Waals surface area contributed by atoms with E-state index in [4.69, 9.17) is 0 Å². The van der Waals surface area contributed by atoms with Gasteiger partial charge in [0, 0.05) is 5.56 Å². The molecule has 90 valence electrons. The van der Waals surface area contributed by atoms with Crippen LogP contribution in [-0.4, -0.2) is 6.21 Å². The van der Waals surface area contributed by atoms with Crippen molar-refractivity contribution in [1.82, 2.24) is 0 Å². The summed E-state index contributed by atoms with van der Waals surface area (Å²) >= 11 is 0. The van der Waals surface area contributed by atoms with Gasteiger partial charge in [0.1, 0.15) is 0 Å². The Hall–Kier alpha value is -2.35. The lowest BCUT2D eigenvalue weighted by Crippen LogP contribution is -1.92. The molecule has 0 aliphatic rings. The van der Waals surface area contributed by atoms with Crippen LogP contribution >= 0.6 is 0 Å². The summed E-state index contributed by atoms with van der Waals surface area (Å²) in [4.78, 5) is 0. The van der Waals surface area contributed by atoms with Crippen LogP contribution in [0.5, 0.6) is 0 Å². The molecule has 0 aliphatic carbocycles. The first-order valence-corrected chi connectivity index (χ1v) is 5.96. The second-order valence-electron chi connectivity index (χ2n) is 3.86. The second kappa shape index (κ2) is 6.40. The van der Waals surface area contributed by atoms with Gasteiger partial charge in [0.05, 0.1) is 11.9 Å². The number of hydrogen-bond acceptors (Lipinski definition) is 2. The van der Waals surface area contributed by atoms with Gasteiger partial charge in [-0.2, -0.15) is 5.10 Å². The number of nitrogens with zero attached hydrogens (tertiary/aromatic N) is 1. The Kier molecular flexibility index (Phi) is 4.31. The summed E-state index contributed by atoms with van der Waals surface area (Å²) in [6, 6.07) is 18.1. The largest absolute Gasteiger partial charge is 0.279 e. The lowest BCUT2D eigenvalue weighted by molar-refractivity contribution is 1.35. The maximum atomic E-state index is 4.25. The van der Waals surface area contributed by atoms with Gasteiger partial charge in [-0.05, 0) is 24.6 Å². The van der Waals surface area contributed by atoms with E-state index >= 15 is 0 Å². The maximum Gasteiger partial charge on any atom is 0.0561 e. The normalized spacial score (nSPS) is 11.2. The molecule has 0 aromatic heterocycles. The minimum atomic E-state index is 0.984. The Morgan fingerprint density at radius 1 is 0.889 bits per heavy atom. The highest BCUT2D eigenvalue weighted by Crippen LogP contribution is 2.09. The van der Waals surface area contributed by atoms with Crippen molar-refractivity contribution in [3.63, 3.8) is 0 Å². The van der Waals surface area contributed by atoms with Gasteiger partial charge in [0.2, 0.25) is 0 Å². The fourth-order valence-electron chi connectivity index (χ4n) is 1.65. The molecule has 1 N–H and O–H groups in total. The molecular weight excluding hydrogens is 220 g/mol. The number of para-hydroxylation sites is 1. The molecule has 0 fully saturated rings. The first-order chi connectivity index (χ1) is 8.90. The molecule has 2 nitrogen and oxygen atoms in total. The lowest BCUT2D eigenvalue weighted by Gasteiger charge is -2.01. The smallest absolute Gasteiger partial charge is 0.0561 e. The molecule has 0 amide bonds. The molecule has 0 heterocycles. The van der Waals surface area contributed by atoms with Crippen LogP contribution in [-0.2, 0) is 0 Å². The summed E-state index contributed by atoms with van der Waals surface area (Å²) in [5, 5.41) is 4.25. The average Bonchev–Trinajstić information content (AvgIpc) is 2.42. The number of hydrogen-bond donors (Lipinski definition) is 1. The average molecular weight is 236 g/mol. The molecule has 2 rings (SSSR count). The van der Waals surface area contributed by atoms with E-state index in [0.29, 0.717) is 0 Å². The van der Waals surface area contributed by atoms with E-state index in [1.807, 2.05) is 67.7 Å². The van der Waals surface area contributed by atoms with Gasteiger partial charge in [-0.3, -0.25) is 5.43 Å². The van der Waals surface area contributed by atoms with Crippen molar-refractivity contribution in [3.05, 3.63) is 71.8 Å². The molecule has 18 heavy (non-hydrogen) atoms. The molecule has 0 atom stereocenters. The third-order valence-corrected chi connectivity index (χ3v) is 2.51. The molecule has 0 aliphatic heterocycles. The molecule has 0 unspecified atom stereocenters. The SMILES string of the molecule is C/C=C/c1ccccc1/C=N/Nc1ccccc1. The minimum Gasteiger partial charge on any atom is -0.279 e. The predicted molar refractivity (Wildman–Crippen MR) is 78.8 cm³/mol. The van der Waals surface area contributed by atoms with E-state index < -0.39 is 0 Å². The van der Waals surface area contributed by atoms with Crippen LogP contribution in [0.1, 0.15) is 18.1 Å². The van der Waals surface area contributed by atoms with Crippen molar-refractivity contribution in [2.75, 3.05) is 5.43 Å². The van der Waals surface area contributed by atoms with Gasteiger partial charge < -0.3 is 0 Å². The van der Waals surface area contributed by atoms with Crippen LogP contribution in [0.25, 0.3) is 6.08 Å². The summed E-state index contributed by atoms with van der Waals surface area (Å²) in [5.41, 5.74) is 6.25. The number of rotatable bonds is 4. The van der Waals surface area contributed by atoms with E-state index in [2.05, 4.69) is 22.7 Å². The van der Waals surface area contributed by atoms with Crippen LogP contribution in [0.15, 0.2) is 65.8 Å². The molecule has 2 heteroatoms. The quantitative estimate of drug-likeness (QED) is 0.625. The molecule has 0 saturated heterocycles. The molecule has 0 bridgehead atoms. The first kappa shape index (κ1) is 12.1. The number of allylic oxidation sites excluding steroid dienone is 1. The van der Waals surface area contributed by atoms with Gasteiger partial charge in [-0.15, -0.1) is 0 Å². The highest BCUT2D eigenvalue weighted by atomic mass is 15.3. The van der Waals surface area contributed by atoms with Crippen LogP contribution in [0.4, 0.5) is 5.69 Å². The first-order valence-electron chi connectivity index (χ1n) is 5.96. The number of anilines is 1. The Balaban J connectivity index is 2.10. The van der Waals surface area contributed by atoms with Gasteiger partial charge in [0.25, 0.3) is 0 Å². The Bertz CT molecular complexity index is 542. The van der Waals surface area contributed by atoms with Crippen molar-refractivity contribution >= 4 is 18.0 Å². The fraction of sp³-hybridized carbons (Fsp3) is 0.0625. The lowest BCUT2D eigenvalue weighted by atomic mass is 10.1. The molecule has 2 aromatic carbocycles. The molecule has 0 radical (unpaired) electrons. The van der Waals surface area contributed by atoms with E-state index in [0.717, 1.165) is 11.3 Å². The summed E-state index contributed by atoms with van der Waals surface area (Å²) < 4.78 is 0. The van der Waals surface area contributed by atoms with Crippen molar-refractivity contribution in [2.45, 2.75) is 6.92 Å². The van der Waals surface area contributed by atoms with Crippen molar-refractivity contribution in [2.24, 2.45) is 5.10 Å². The monoisotopic (exact) mass is 236 g/mol. The standard InChI is InChI=1S/C16H16N2/c1-2-8-14-9-6-7-10-15(14)13-17-18-16-11-4-3-5-12-16/h2-13,18H,1H3/b8-2+,17-13+. The summed E-state index contributed by atoms with van der Waals surface area (Å²) in [7, 11) is 0. The van der Waals surface area contributed by atoms with E-state index in [9.17, 15) is 0 Å². The topological polar surface area (TPSA) is 24.4 Å². The van der Waals surface area contributed by atoms with E-state index in [1.54, 1.807) is 0 Å². The van der Waals surface area contributed by atoms with Crippen molar-refractivity contribution in [1.29, 1.82) is 0 Å². The molecule has 0 spiro atoms. The molecule has 2 aromatic rings. The van der Waals surface area contributed by atoms with E-state index in [-0.39, 0.29) is 0 Å². The Morgan fingerprint density at radius 2 is 1.56 bits per heavy atom. The summed E-state index contributed by atoms with van der Waals surface area (Å²) in [5.74, 6) is 0. The zero-order valence-corrected chi connectivity index (χ0v) is 10.4. The minimum absolute atomic E-state index is 0.984. The van der Waals surface area contributed by atoms with E-state index in [1.165, 1.54) is 5.56 Å². The number of hydrazone groups is 1. The summed E-state index contributed by atoms with van der Waals surface area (Å²) in [6.45, 7) is 2.01. The van der Waals surface area contributed by atoms with Crippen LogP contribution in [0, 0.1) is 0 Å². The van der Waals surface area contributed by atoms with Gasteiger partial charge in [0.15, 0.2) is 0 Å². The van der Waals surface area contributed by atoms with Crippen molar-refractivity contribution in [3.8, 4) is 0 Å². The number of nitrogens with one attached hydrogen (secondary N) is 1. The molecule has 0 saturated carbocycles. The van der Waals surface area contributed by atoms with Gasteiger partial charge in [-0.1, -0.05) is 54.6 Å². The van der Waals surface area contributed by atoms with Crippen molar-refractivity contribution < 1.29 is 0 Å². The molecular formula is C16H16N2. The highest BCUT2D eigenvalue weighted by molar-refractivity contribution is 5.85. The Labute approximate surface area is 108 Å². The predicted octanol–water partition coefficient (Wildman–Crippen LogP) is 4.17. The van der Waals surface area contributed by atoms with Crippen LogP contribution in [0.2, 0.25) is 0 Å². The zero-order chi connectivity index (χ0) is 12.6. The fourth-order valence-corrected chi connectivity index (χ4v) is 1.65.